The van der Waals surface area contributed by atoms with Gasteiger partial charge in [0.2, 0.25) is 16.8 Å². The maximum Gasteiger partial charge on any atom is 0.231 e. The van der Waals surface area contributed by atoms with Gasteiger partial charge in [0, 0.05) is 6.54 Å². The van der Waals surface area contributed by atoms with Gasteiger partial charge in [-0.2, -0.15) is 0 Å². The Morgan fingerprint density at radius 2 is 1.86 bits per heavy atom. The Morgan fingerprint density at radius 1 is 1.10 bits per heavy atom. The van der Waals surface area contributed by atoms with Crippen LogP contribution in [0.1, 0.15) is 37.7 Å². The molecular weight excluding hydrogens is 290 g/mol. The van der Waals surface area contributed by atoms with Gasteiger partial charge in [0.25, 0.3) is 0 Å². The number of benzene rings is 1. The van der Waals surface area contributed by atoms with E-state index in [4.69, 9.17) is 9.47 Å². The molecule has 0 aromatic heterocycles. The Kier molecular flexibility index (Phi) is 4.35. The minimum absolute atomic E-state index is 0.228. The van der Waals surface area contributed by atoms with Crippen LogP contribution >= 0.6 is 0 Å². The molecule has 116 valence electrons. The molecule has 21 heavy (non-hydrogen) atoms. The Labute approximate surface area is 125 Å². The van der Waals surface area contributed by atoms with Gasteiger partial charge in [0.05, 0.1) is 5.75 Å². The van der Waals surface area contributed by atoms with Crippen LogP contribution in [-0.2, 0) is 16.6 Å². The molecule has 1 N–H and O–H groups in total. The van der Waals surface area contributed by atoms with Gasteiger partial charge < -0.3 is 9.47 Å². The lowest BCUT2D eigenvalue weighted by atomic mass is 9.91. The zero-order chi connectivity index (χ0) is 14.7. The number of rotatable bonds is 5. The second kappa shape index (κ2) is 6.23. The lowest BCUT2D eigenvalue weighted by Crippen LogP contribution is -2.30. The van der Waals surface area contributed by atoms with E-state index in [1.165, 1.54) is 6.42 Å². The van der Waals surface area contributed by atoms with Crippen molar-refractivity contribution in [3.8, 4) is 11.5 Å². The minimum atomic E-state index is -3.22. The van der Waals surface area contributed by atoms with Gasteiger partial charge in [-0.25, -0.2) is 13.1 Å². The highest BCUT2D eigenvalue weighted by atomic mass is 32.2. The SMILES string of the molecule is O=S(=O)(CC1CCCCC1)NCc1ccc2c(c1)OCO2. The number of hydrogen-bond donors (Lipinski definition) is 1. The first-order valence-corrected chi connectivity index (χ1v) is 9.13. The maximum absolute atomic E-state index is 12.1. The van der Waals surface area contributed by atoms with Crippen LogP contribution < -0.4 is 14.2 Å². The van der Waals surface area contributed by atoms with Gasteiger partial charge >= 0.3 is 0 Å². The van der Waals surface area contributed by atoms with E-state index in [0.29, 0.717) is 24.0 Å². The van der Waals surface area contributed by atoms with Gasteiger partial charge in [0.1, 0.15) is 0 Å². The predicted molar refractivity (Wildman–Crippen MR) is 79.8 cm³/mol. The Balaban J connectivity index is 1.56. The second-order valence-electron chi connectivity index (χ2n) is 5.79. The summed E-state index contributed by atoms with van der Waals surface area (Å²) in [5.74, 6) is 1.95. The molecule has 1 heterocycles. The highest BCUT2D eigenvalue weighted by molar-refractivity contribution is 7.89. The first kappa shape index (κ1) is 14.7. The topological polar surface area (TPSA) is 64.6 Å². The smallest absolute Gasteiger partial charge is 0.231 e. The summed E-state index contributed by atoms with van der Waals surface area (Å²) in [5.41, 5.74) is 0.881. The Morgan fingerprint density at radius 3 is 2.67 bits per heavy atom. The number of nitrogens with one attached hydrogen (secondary N) is 1. The van der Waals surface area contributed by atoms with Crippen LogP contribution in [0.2, 0.25) is 0 Å². The summed E-state index contributed by atoms with van der Waals surface area (Å²) < 4.78 is 37.5. The van der Waals surface area contributed by atoms with Gasteiger partial charge in [-0.1, -0.05) is 25.3 Å². The standard InChI is InChI=1S/C15H21NO4S/c17-21(18,10-12-4-2-1-3-5-12)16-9-13-6-7-14-15(8-13)20-11-19-14/h6-8,12,16H,1-5,9-11H2. The highest BCUT2D eigenvalue weighted by Gasteiger charge is 2.21. The summed E-state index contributed by atoms with van der Waals surface area (Å²) in [6.45, 7) is 0.526. The van der Waals surface area contributed by atoms with Crippen molar-refractivity contribution in [1.29, 1.82) is 0 Å². The van der Waals surface area contributed by atoms with Crippen molar-refractivity contribution < 1.29 is 17.9 Å². The van der Waals surface area contributed by atoms with Crippen molar-refractivity contribution in [1.82, 2.24) is 4.72 Å². The van der Waals surface area contributed by atoms with E-state index in [2.05, 4.69) is 4.72 Å². The first-order chi connectivity index (χ1) is 10.1. The van der Waals surface area contributed by atoms with Gasteiger partial charge in [-0.3, -0.25) is 0 Å². The predicted octanol–water partition coefficient (Wildman–Crippen LogP) is 2.42. The molecule has 0 spiro atoms. The minimum Gasteiger partial charge on any atom is -0.454 e. The second-order valence-corrected chi connectivity index (χ2v) is 7.65. The van der Waals surface area contributed by atoms with Crippen molar-refractivity contribution in [2.45, 2.75) is 38.6 Å². The van der Waals surface area contributed by atoms with Crippen molar-refractivity contribution in [3.63, 3.8) is 0 Å². The van der Waals surface area contributed by atoms with E-state index in [1.807, 2.05) is 18.2 Å². The molecular formula is C15H21NO4S. The molecule has 1 aromatic rings. The van der Waals surface area contributed by atoms with Gasteiger partial charge in [0.15, 0.2) is 11.5 Å². The van der Waals surface area contributed by atoms with Crippen LogP contribution in [0.25, 0.3) is 0 Å². The van der Waals surface area contributed by atoms with E-state index < -0.39 is 10.0 Å². The number of hydrogen-bond acceptors (Lipinski definition) is 4. The zero-order valence-electron chi connectivity index (χ0n) is 12.0. The fourth-order valence-electron chi connectivity index (χ4n) is 2.97. The van der Waals surface area contributed by atoms with Crippen LogP contribution in [0, 0.1) is 5.92 Å². The summed E-state index contributed by atoms with van der Waals surface area (Å²) >= 11 is 0. The van der Waals surface area contributed by atoms with Crippen LogP contribution in [0.15, 0.2) is 18.2 Å². The largest absolute Gasteiger partial charge is 0.454 e. The van der Waals surface area contributed by atoms with Crippen LogP contribution in [-0.4, -0.2) is 21.0 Å². The van der Waals surface area contributed by atoms with Crippen molar-refractivity contribution >= 4 is 10.0 Å². The third kappa shape index (κ3) is 3.89. The van der Waals surface area contributed by atoms with E-state index in [-0.39, 0.29) is 12.5 Å². The maximum atomic E-state index is 12.1. The third-order valence-electron chi connectivity index (χ3n) is 4.11. The van der Waals surface area contributed by atoms with Crippen molar-refractivity contribution in [2.24, 2.45) is 5.92 Å². The monoisotopic (exact) mass is 311 g/mol. The zero-order valence-corrected chi connectivity index (χ0v) is 12.8. The van der Waals surface area contributed by atoms with Crippen molar-refractivity contribution in [2.75, 3.05) is 12.5 Å². The molecule has 0 unspecified atom stereocenters. The summed E-state index contributed by atoms with van der Waals surface area (Å²) in [4.78, 5) is 0. The lowest BCUT2D eigenvalue weighted by Gasteiger charge is -2.21. The molecule has 1 aliphatic heterocycles. The summed E-state index contributed by atoms with van der Waals surface area (Å²) in [6, 6.07) is 5.50. The molecule has 0 amide bonds. The summed E-state index contributed by atoms with van der Waals surface area (Å²) in [6.07, 6.45) is 5.61. The quantitative estimate of drug-likeness (QED) is 0.907. The Bertz CT molecular complexity index is 594. The van der Waals surface area contributed by atoms with Crippen molar-refractivity contribution in [3.05, 3.63) is 23.8 Å². The fourth-order valence-corrected chi connectivity index (χ4v) is 4.43. The molecule has 0 saturated heterocycles. The van der Waals surface area contributed by atoms with Crippen LogP contribution in [0.5, 0.6) is 11.5 Å². The van der Waals surface area contributed by atoms with Gasteiger partial charge in [-0.05, 0) is 36.5 Å². The molecule has 0 bridgehead atoms. The average Bonchev–Trinajstić information content (AvgIpc) is 2.93. The number of sulfonamides is 1. The van der Waals surface area contributed by atoms with E-state index in [1.54, 1.807) is 0 Å². The highest BCUT2D eigenvalue weighted by Crippen LogP contribution is 2.32. The molecule has 0 radical (unpaired) electrons. The first-order valence-electron chi connectivity index (χ1n) is 7.48. The fraction of sp³-hybridized carbons (Fsp3) is 0.600. The molecule has 1 saturated carbocycles. The van der Waals surface area contributed by atoms with Crippen LogP contribution in [0.4, 0.5) is 0 Å². The molecule has 6 heteroatoms. The molecule has 1 aliphatic carbocycles. The summed E-state index contributed by atoms with van der Waals surface area (Å²) in [7, 11) is -3.22. The molecule has 0 atom stereocenters. The van der Waals surface area contributed by atoms with E-state index in [0.717, 1.165) is 31.2 Å². The molecule has 2 aliphatic rings. The molecule has 1 aromatic carbocycles. The van der Waals surface area contributed by atoms with Crippen LogP contribution in [0.3, 0.4) is 0 Å². The third-order valence-corrected chi connectivity index (χ3v) is 5.61. The average molecular weight is 311 g/mol. The lowest BCUT2D eigenvalue weighted by molar-refractivity contribution is 0.174. The number of ether oxygens (including phenoxy) is 2. The molecule has 3 rings (SSSR count). The van der Waals surface area contributed by atoms with E-state index in [9.17, 15) is 8.42 Å². The molecule has 1 fully saturated rings. The summed E-state index contributed by atoms with van der Waals surface area (Å²) in [5, 5.41) is 0. The number of fused-ring (bicyclic) bond motifs is 1. The normalized spacial score (nSPS) is 18.9. The van der Waals surface area contributed by atoms with Gasteiger partial charge in [-0.15, -0.1) is 0 Å². The Hall–Kier alpha value is -1.27. The molecule has 5 nitrogen and oxygen atoms in total. The van der Waals surface area contributed by atoms with E-state index >= 15 is 0 Å².